The van der Waals surface area contributed by atoms with E-state index in [4.69, 9.17) is 17.0 Å². The zero-order valence-electron chi connectivity index (χ0n) is 13.1. The molecule has 2 aromatic carbocycles. The first-order valence-corrected chi connectivity index (χ1v) is 7.63. The minimum atomic E-state index is -0.618. The van der Waals surface area contributed by atoms with E-state index in [9.17, 15) is 10.1 Å². The van der Waals surface area contributed by atoms with Crippen molar-refractivity contribution in [2.75, 3.05) is 12.1 Å². The Labute approximate surface area is 144 Å². The van der Waals surface area contributed by atoms with Crippen LogP contribution in [-0.4, -0.2) is 17.1 Å². The van der Waals surface area contributed by atoms with E-state index in [1.54, 1.807) is 24.3 Å². The topological polar surface area (TPSA) is 79.7 Å². The van der Waals surface area contributed by atoms with Crippen LogP contribution in [0.5, 0.6) is 5.75 Å². The van der Waals surface area contributed by atoms with Crippen molar-refractivity contribution in [1.82, 2.24) is 10.7 Å². The van der Waals surface area contributed by atoms with E-state index in [-0.39, 0.29) is 5.69 Å². The molecule has 2 aromatic rings. The van der Waals surface area contributed by atoms with Gasteiger partial charge in [0.1, 0.15) is 11.4 Å². The average molecular weight is 344 g/mol. The molecule has 124 valence electrons. The van der Waals surface area contributed by atoms with Crippen LogP contribution in [0.2, 0.25) is 0 Å². The number of benzene rings is 2. The molecule has 0 aliphatic carbocycles. The van der Waals surface area contributed by atoms with Gasteiger partial charge in [-0.05, 0) is 49.0 Å². The molecule has 1 atom stereocenters. The summed E-state index contributed by atoms with van der Waals surface area (Å²) in [5, 5.41) is 16.2. The van der Waals surface area contributed by atoms with Crippen molar-refractivity contribution < 1.29 is 9.66 Å². The number of hydrogen-bond donors (Lipinski definition) is 2. The monoisotopic (exact) mass is 344 g/mol. The molecule has 0 aromatic heterocycles. The fourth-order valence-corrected chi connectivity index (χ4v) is 2.90. The first-order valence-electron chi connectivity index (χ1n) is 7.22. The molecule has 0 saturated carbocycles. The maximum Gasteiger partial charge on any atom is 0.269 e. The van der Waals surface area contributed by atoms with E-state index in [0.717, 1.165) is 11.3 Å². The lowest BCUT2D eigenvalue weighted by molar-refractivity contribution is -0.384. The van der Waals surface area contributed by atoms with Gasteiger partial charge in [-0.3, -0.25) is 10.1 Å². The number of nitrogens with one attached hydrogen (secondary N) is 2. The number of ether oxygens (including phenoxy) is 1. The molecule has 2 N–H and O–H groups in total. The van der Waals surface area contributed by atoms with Gasteiger partial charge in [0.15, 0.2) is 5.11 Å². The molecule has 1 unspecified atom stereocenters. The van der Waals surface area contributed by atoms with Crippen LogP contribution in [-0.2, 0) is 5.66 Å². The molecule has 7 nitrogen and oxygen atoms in total. The van der Waals surface area contributed by atoms with E-state index < -0.39 is 10.6 Å². The normalized spacial score (nSPS) is 19.9. The number of nitrogens with zero attached hydrogens (tertiary/aromatic N) is 2. The highest BCUT2D eigenvalue weighted by molar-refractivity contribution is 7.80. The van der Waals surface area contributed by atoms with Crippen LogP contribution in [0.3, 0.4) is 0 Å². The van der Waals surface area contributed by atoms with Crippen molar-refractivity contribution >= 4 is 28.7 Å². The number of anilines is 1. The summed E-state index contributed by atoms with van der Waals surface area (Å²) in [4.78, 5) is 10.3. The summed E-state index contributed by atoms with van der Waals surface area (Å²) in [5.41, 5.74) is 4.39. The third-order valence-corrected chi connectivity index (χ3v) is 4.15. The molecule has 0 bridgehead atoms. The van der Waals surface area contributed by atoms with Gasteiger partial charge in [0.2, 0.25) is 0 Å². The number of nitro benzene ring substituents is 1. The average Bonchev–Trinajstić information content (AvgIpc) is 2.91. The fraction of sp³-hybridized carbons (Fsp3) is 0.188. The van der Waals surface area contributed by atoms with Crippen LogP contribution in [0.1, 0.15) is 12.5 Å². The summed E-state index contributed by atoms with van der Waals surface area (Å²) in [6.07, 6.45) is 0. The van der Waals surface area contributed by atoms with Crippen LogP contribution in [0.15, 0.2) is 48.5 Å². The van der Waals surface area contributed by atoms with E-state index in [1.807, 2.05) is 31.2 Å². The van der Waals surface area contributed by atoms with E-state index in [1.165, 1.54) is 12.1 Å². The van der Waals surface area contributed by atoms with Gasteiger partial charge >= 0.3 is 0 Å². The van der Waals surface area contributed by atoms with Crippen LogP contribution >= 0.6 is 12.2 Å². The summed E-state index contributed by atoms with van der Waals surface area (Å²) in [6, 6.07) is 13.8. The number of hydrogen-bond acceptors (Lipinski definition) is 5. The van der Waals surface area contributed by atoms with Crippen LogP contribution < -0.4 is 20.5 Å². The SMILES string of the molecule is COc1cccc(C2(C)NC(=S)N(c3ccc([N+](=O)[O-])cc3)N2)c1. The maximum absolute atomic E-state index is 10.8. The van der Waals surface area contributed by atoms with Crippen LogP contribution in [0, 0.1) is 10.1 Å². The van der Waals surface area contributed by atoms with Gasteiger partial charge in [0.25, 0.3) is 5.69 Å². The molecule has 1 saturated heterocycles. The van der Waals surface area contributed by atoms with E-state index in [0.29, 0.717) is 10.8 Å². The summed E-state index contributed by atoms with van der Waals surface area (Å²) in [6.45, 7) is 1.96. The van der Waals surface area contributed by atoms with Crippen LogP contribution in [0.4, 0.5) is 11.4 Å². The standard InChI is InChI=1S/C16H16N4O3S/c1-16(11-4-3-5-14(10-11)23-2)17-15(24)19(18-16)12-6-8-13(9-7-12)20(21)22/h3-10,18H,1-2H3,(H,17,24). The molecule has 1 fully saturated rings. The maximum atomic E-state index is 10.8. The van der Waals surface area contributed by atoms with Crippen molar-refractivity contribution in [2.45, 2.75) is 12.6 Å². The second-order valence-electron chi connectivity index (χ2n) is 5.51. The predicted octanol–water partition coefficient (Wildman–Crippen LogP) is 2.68. The Bertz CT molecular complexity index is 796. The third-order valence-electron chi connectivity index (χ3n) is 3.86. The Hall–Kier alpha value is -2.71. The molecule has 3 rings (SSSR count). The van der Waals surface area contributed by atoms with Gasteiger partial charge in [-0.25, -0.2) is 5.01 Å². The second kappa shape index (κ2) is 6.06. The zero-order chi connectivity index (χ0) is 17.3. The van der Waals surface area contributed by atoms with Gasteiger partial charge in [-0.1, -0.05) is 12.1 Å². The molecule has 0 amide bonds. The summed E-state index contributed by atoms with van der Waals surface area (Å²) in [5.74, 6) is 0.747. The zero-order valence-corrected chi connectivity index (χ0v) is 14.0. The lowest BCUT2D eigenvalue weighted by atomic mass is 10.0. The van der Waals surface area contributed by atoms with Gasteiger partial charge in [0, 0.05) is 12.1 Å². The number of hydrazine groups is 1. The lowest BCUT2D eigenvalue weighted by Gasteiger charge is -2.26. The molecule has 1 aliphatic rings. The Morgan fingerprint density at radius 3 is 2.58 bits per heavy atom. The summed E-state index contributed by atoms with van der Waals surface area (Å²) in [7, 11) is 1.62. The van der Waals surface area contributed by atoms with Gasteiger partial charge < -0.3 is 10.1 Å². The first kappa shape index (κ1) is 16.2. The minimum absolute atomic E-state index is 0.0346. The highest BCUT2D eigenvalue weighted by Gasteiger charge is 2.38. The molecular weight excluding hydrogens is 328 g/mol. The molecule has 0 radical (unpaired) electrons. The number of rotatable bonds is 4. The molecule has 1 aliphatic heterocycles. The van der Waals surface area contributed by atoms with Gasteiger partial charge in [-0.15, -0.1) is 0 Å². The van der Waals surface area contributed by atoms with Crippen molar-refractivity contribution in [3.05, 3.63) is 64.2 Å². The van der Waals surface area contributed by atoms with Crippen LogP contribution in [0.25, 0.3) is 0 Å². The molecular formula is C16H16N4O3S. The summed E-state index contributed by atoms with van der Waals surface area (Å²) < 4.78 is 5.27. The first-order chi connectivity index (χ1) is 11.4. The number of thiocarbonyl (C=S) groups is 1. The predicted molar refractivity (Wildman–Crippen MR) is 94.8 cm³/mol. The lowest BCUT2D eigenvalue weighted by Crippen LogP contribution is -2.45. The number of non-ortho nitro benzene ring substituents is 1. The second-order valence-corrected chi connectivity index (χ2v) is 5.89. The van der Waals surface area contributed by atoms with Crippen molar-refractivity contribution in [3.63, 3.8) is 0 Å². The van der Waals surface area contributed by atoms with Gasteiger partial charge in [-0.2, -0.15) is 5.43 Å². The number of nitro groups is 1. The van der Waals surface area contributed by atoms with E-state index >= 15 is 0 Å². The van der Waals surface area contributed by atoms with Crippen molar-refractivity contribution in [1.29, 1.82) is 0 Å². The molecule has 8 heteroatoms. The Morgan fingerprint density at radius 2 is 1.96 bits per heavy atom. The number of methoxy groups -OCH3 is 1. The highest BCUT2D eigenvalue weighted by Crippen LogP contribution is 2.29. The highest BCUT2D eigenvalue weighted by atomic mass is 32.1. The molecule has 0 spiro atoms. The van der Waals surface area contributed by atoms with Gasteiger partial charge in [0.05, 0.1) is 17.7 Å². The Balaban J connectivity index is 1.88. The van der Waals surface area contributed by atoms with Crippen molar-refractivity contribution in [3.8, 4) is 5.75 Å². The third kappa shape index (κ3) is 2.89. The van der Waals surface area contributed by atoms with E-state index in [2.05, 4.69) is 10.7 Å². The van der Waals surface area contributed by atoms with Crippen molar-refractivity contribution in [2.24, 2.45) is 0 Å². The quantitative estimate of drug-likeness (QED) is 0.501. The summed E-state index contributed by atoms with van der Waals surface area (Å²) >= 11 is 5.40. The molecule has 24 heavy (non-hydrogen) atoms. The molecule has 1 heterocycles. The smallest absolute Gasteiger partial charge is 0.269 e. The Morgan fingerprint density at radius 1 is 1.25 bits per heavy atom. The largest absolute Gasteiger partial charge is 0.497 e. The fourth-order valence-electron chi connectivity index (χ4n) is 2.55. The minimum Gasteiger partial charge on any atom is -0.497 e. The Kier molecular flexibility index (Phi) is 4.08.